The highest BCUT2D eigenvalue weighted by Crippen LogP contribution is 2.22. The van der Waals surface area contributed by atoms with Gasteiger partial charge in [0.2, 0.25) is 17.1 Å². The quantitative estimate of drug-likeness (QED) is 0.694. The minimum Gasteiger partial charge on any atom is -1.00 e. The van der Waals surface area contributed by atoms with Gasteiger partial charge in [-0.1, -0.05) is 23.5 Å². The minimum absolute atomic E-state index is 0. The molecule has 86 valence electrons. The van der Waals surface area contributed by atoms with E-state index in [4.69, 9.17) is 5.11 Å². The average Bonchev–Trinajstić information content (AvgIpc) is 2.43. The van der Waals surface area contributed by atoms with Crippen molar-refractivity contribution in [1.82, 2.24) is 0 Å². The first-order valence-electron chi connectivity index (χ1n) is 4.70. The number of nitrogens with zero attached hydrogens (tertiary/aromatic N) is 1. The molecule has 0 amide bonds. The lowest BCUT2D eigenvalue weighted by molar-refractivity contribution is -0.661. The minimum atomic E-state index is -0.800. The number of aliphatic carboxylic acids is 1. The van der Waals surface area contributed by atoms with Crippen molar-refractivity contribution in [2.75, 3.05) is 0 Å². The van der Waals surface area contributed by atoms with E-state index in [1.54, 1.807) is 11.3 Å². The molecule has 0 atom stereocenters. The Morgan fingerprint density at radius 1 is 1.44 bits per heavy atom. The lowest BCUT2D eigenvalue weighted by Crippen LogP contribution is -3.00. The molecule has 0 saturated heterocycles. The van der Waals surface area contributed by atoms with Crippen LogP contribution in [0.3, 0.4) is 0 Å². The van der Waals surface area contributed by atoms with Gasteiger partial charge in [-0.05, 0) is 13.0 Å². The van der Waals surface area contributed by atoms with Crippen molar-refractivity contribution in [2.45, 2.75) is 20.4 Å². The van der Waals surface area contributed by atoms with Crippen LogP contribution in [0.4, 0.5) is 0 Å². The fraction of sp³-hybridized carbons (Fsp3) is 0.273. The Labute approximate surface area is 104 Å². The molecule has 1 heterocycles. The molecule has 1 N–H and O–H groups in total. The van der Waals surface area contributed by atoms with Gasteiger partial charge in [0.1, 0.15) is 4.70 Å². The molecule has 0 aliphatic carbocycles. The molecular weight excluding hydrogens is 246 g/mol. The lowest BCUT2D eigenvalue weighted by atomic mass is 10.2. The van der Waals surface area contributed by atoms with Crippen molar-refractivity contribution >= 4 is 27.5 Å². The number of carbonyl (C=O) groups is 1. The summed E-state index contributed by atoms with van der Waals surface area (Å²) in [6, 6.07) is 6.03. The lowest BCUT2D eigenvalue weighted by Gasteiger charge is -1.94. The van der Waals surface area contributed by atoms with Crippen molar-refractivity contribution in [3.63, 3.8) is 0 Å². The first-order valence-corrected chi connectivity index (χ1v) is 5.51. The van der Waals surface area contributed by atoms with E-state index in [1.807, 2.05) is 36.6 Å². The van der Waals surface area contributed by atoms with Crippen molar-refractivity contribution in [2.24, 2.45) is 0 Å². The van der Waals surface area contributed by atoms with E-state index in [0.717, 1.165) is 20.8 Å². The zero-order valence-electron chi connectivity index (χ0n) is 9.03. The highest BCUT2D eigenvalue weighted by atomic mass is 35.5. The molecule has 0 radical (unpaired) electrons. The third kappa shape index (κ3) is 2.18. The summed E-state index contributed by atoms with van der Waals surface area (Å²) in [4.78, 5) is 10.8. The zero-order valence-corrected chi connectivity index (χ0v) is 10.6. The van der Waals surface area contributed by atoms with Gasteiger partial charge in [-0.2, -0.15) is 4.57 Å². The number of para-hydroxylation sites is 1. The molecule has 0 spiro atoms. The zero-order chi connectivity index (χ0) is 11.0. The second kappa shape index (κ2) is 4.80. The van der Waals surface area contributed by atoms with Gasteiger partial charge in [0.15, 0.2) is 0 Å². The smallest absolute Gasteiger partial charge is 0.370 e. The standard InChI is InChI=1S/C11H11NO2S.ClH/c1-7-4-3-5-9-11(7)12(6-10(13)14)8(2)15-9;/h3-5H,6H2,1-2H3;1H. The van der Waals surface area contributed by atoms with Crippen LogP contribution in [-0.4, -0.2) is 11.1 Å². The summed E-state index contributed by atoms with van der Waals surface area (Å²) in [6.45, 7) is 4.00. The van der Waals surface area contributed by atoms with E-state index in [-0.39, 0.29) is 19.0 Å². The number of carboxylic acid groups (broad SMARTS) is 1. The Balaban J connectivity index is 0.00000128. The molecule has 2 aromatic rings. The number of benzene rings is 1. The molecule has 0 aliphatic rings. The maximum atomic E-state index is 10.8. The van der Waals surface area contributed by atoms with Gasteiger partial charge < -0.3 is 17.5 Å². The number of rotatable bonds is 2. The molecule has 0 saturated carbocycles. The monoisotopic (exact) mass is 257 g/mol. The second-order valence-corrected chi connectivity index (χ2v) is 4.76. The van der Waals surface area contributed by atoms with Crippen LogP contribution in [-0.2, 0) is 11.3 Å². The summed E-state index contributed by atoms with van der Waals surface area (Å²) in [6.07, 6.45) is 0. The topological polar surface area (TPSA) is 41.2 Å². The second-order valence-electron chi connectivity index (χ2n) is 3.52. The molecule has 3 nitrogen and oxygen atoms in total. The molecule has 0 unspecified atom stereocenters. The van der Waals surface area contributed by atoms with Crippen LogP contribution in [0.2, 0.25) is 0 Å². The van der Waals surface area contributed by atoms with Gasteiger partial charge in [-0.15, -0.1) is 0 Å². The maximum Gasteiger partial charge on any atom is 0.370 e. The number of hydrogen-bond acceptors (Lipinski definition) is 2. The third-order valence-corrected chi connectivity index (χ3v) is 3.47. The Morgan fingerprint density at radius 2 is 2.12 bits per heavy atom. The van der Waals surface area contributed by atoms with Crippen LogP contribution in [0.15, 0.2) is 18.2 Å². The van der Waals surface area contributed by atoms with Gasteiger partial charge >= 0.3 is 5.97 Å². The summed E-state index contributed by atoms with van der Waals surface area (Å²) >= 11 is 1.63. The number of fused-ring (bicyclic) bond motifs is 1. The predicted molar refractivity (Wildman–Crippen MR) is 59.1 cm³/mol. The van der Waals surface area contributed by atoms with Crippen molar-refractivity contribution in [1.29, 1.82) is 0 Å². The van der Waals surface area contributed by atoms with E-state index in [2.05, 4.69) is 0 Å². The number of carboxylic acids is 1. The fourth-order valence-corrected chi connectivity index (χ4v) is 2.86. The number of hydrogen-bond donors (Lipinski definition) is 1. The number of aryl methyl sites for hydroxylation is 2. The molecule has 16 heavy (non-hydrogen) atoms. The molecule has 2 rings (SSSR count). The normalized spacial score (nSPS) is 10.1. The van der Waals surface area contributed by atoms with Gasteiger partial charge in [-0.25, -0.2) is 4.79 Å². The van der Waals surface area contributed by atoms with E-state index in [9.17, 15) is 4.79 Å². The summed E-state index contributed by atoms with van der Waals surface area (Å²) in [5.41, 5.74) is 2.17. The van der Waals surface area contributed by atoms with E-state index in [0.29, 0.717) is 0 Å². The molecule has 0 fully saturated rings. The Morgan fingerprint density at radius 3 is 2.75 bits per heavy atom. The van der Waals surface area contributed by atoms with Gasteiger partial charge in [0.05, 0.1) is 0 Å². The maximum absolute atomic E-state index is 10.8. The average molecular weight is 258 g/mol. The third-order valence-electron chi connectivity index (χ3n) is 2.40. The summed E-state index contributed by atoms with van der Waals surface area (Å²) < 4.78 is 3.01. The van der Waals surface area contributed by atoms with Crippen molar-refractivity contribution in [3.05, 3.63) is 28.8 Å². The summed E-state index contributed by atoms with van der Waals surface area (Å²) in [5, 5.41) is 9.87. The van der Waals surface area contributed by atoms with E-state index < -0.39 is 5.97 Å². The van der Waals surface area contributed by atoms with E-state index >= 15 is 0 Å². The summed E-state index contributed by atoms with van der Waals surface area (Å²) in [5.74, 6) is -0.800. The Kier molecular flexibility index (Phi) is 3.88. The largest absolute Gasteiger partial charge is 1.00 e. The van der Waals surface area contributed by atoms with Crippen LogP contribution in [0, 0.1) is 13.8 Å². The highest BCUT2D eigenvalue weighted by Gasteiger charge is 2.21. The van der Waals surface area contributed by atoms with Crippen LogP contribution in [0.5, 0.6) is 0 Å². The Bertz CT molecular complexity index is 536. The van der Waals surface area contributed by atoms with Gasteiger partial charge in [0.25, 0.3) is 0 Å². The number of halogens is 1. The number of thiazole rings is 1. The van der Waals surface area contributed by atoms with E-state index in [1.165, 1.54) is 0 Å². The fourth-order valence-electron chi connectivity index (χ4n) is 1.76. The first kappa shape index (κ1) is 12.9. The first-order chi connectivity index (χ1) is 7.09. The van der Waals surface area contributed by atoms with Gasteiger partial charge in [-0.3, -0.25) is 0 Å². The van der Waals surface area contributed by atoms with Crippen molar-refractivity contribution < 1.29 is 26.9 Å². The molecule has 5 heteroatoms. The molecule has 1 aromatic heterocycles. The van der Waals surface area contributed by atoms with Crippen molar-refractivity contribution in [3.8, 4) is 0 Å². The molecule has 1 aromatic carbocycles. The molecular formula is C11H12ClNO2S. The van der Waals surface area contributed by atoms with Crippen LogP contribution < -0.4 is 17.0 Å². The predicted octanol–water partition coefficient (Wildman–Crippen LogP) is -1.11. The SMILES string of the molecule is Cc1cccc2sc(C)[n+](CC(=O)O)c12.[Cl-]. The summed E-state index contributed by atoms with van der Waals surface area (Å²) in [7, 11) is 0. The Hall–Kier alpha value is -1.13. The highest BCUT2D eigenvalue weighted by molar-refractivity contribution is 7.18. The van der Waals surface area contributed by atoms with Crippen LogP contribution >= 0.6 is 11.3 Å². The van der Waals surface area contributed by atoms with Gasteiger partial charge in [0, 0.05) is 12.5 Å². The molecule has 0 aliphatic heterocycles. The van der Waals surface area contributed by atoms with Crippen LogP contribution in [0.1, 0.15) is 10.6 Å². The molecule has 0 bridgehead atoms. The van der Waals surface area contributed by atoms with Crippen LogP contribution in [0.25, 0.3) is 10.2 Å². The number of aromatic nitrogens is 1.